The molecule has 0 aliphatic heterocycles. The summed E-state index contributed by atoms with van der Waals surface area (Å²) < 4.78 is 0. The second-order valence-corrected chi connectivity index (χ2v) is 15.4. The van der Waals surface area contributed by atoms with Gasteiger partial charge in [-0.05, 0) is 51.3 Å². The van der Waals surface area contributed by atoms with Gasteiger partial charge < -0.3 is 20.0 Å². The number of allylic oxidation sites excluding steroid dienone is 2. The van der Waals surface area contributed by atoms with E-state index in [9.17, 15) is 19.8 Å². The molecular formula is C20H40N2O4P4S2. The maximum atomic E-state index is 11.7. The summed E-state index contributed by atoms with van der Waals surface area (Å²) in [7, 11) is 6.62. The molecule has 0 aliphatic carbocycles. The van der Waals surface area contributed by atoms with Gasteiger partial charge in [0.05, 0.1) is 0 Å². The van der Waals surface area contributed by atoms with Crippen molar-refractivity contribution >= 4 is 68.7 Å². The summed E-state index contributed by atoms with van der Waals surface area (Å²) in [5, 5.41) is 19.1. The predicted molar refractivity (Wildman–Crippen MR) is 154 cm³/mol. The Morgan fingerprint density at radius 2 is 1.16 bits per heavy atom. The Bertz CT molecular complexity index is 548. The molecule has 186 valence electrons. The normalized spacial score (nSPS) is 14.3. The molecule has 6 nitrogen and oxygen atoms in total. The number of aliphatic hydroxyl groups is 2. The van der Waals surface area contributed by atoms with Crippen LogP contribution in [0.25, 0.3) is 0 Å². The maximum absolute atomic E-state index is 11.7. The number of hydrogen-bond acceptors (Lipinski definition) is 6. The van der Waals surface area contributed by atoms with Gasteiger partial charge in [-0.25, -0.2) is 0 Å². The predicted octanol–water partition coefficient (Wildman–Crippen LogP) is 4.40. The molecule has 12 heteroatoms. The Balaban J connectivity index is 5.39. The van der Waals surface area contributed by atoms with Crippen LogP contribution >= 0.6 is 55.9 Å². The standard InChI is InChI=1S/C20H40N2O4P4S2/c1-17(21(13-25)7-11-29-15-27-3)19(5-9-23)31-32-20(6-10-24)18(2)22(14-26)8-12-30-16-28-4/h13-14,23-24,27-30H,5-12,15-16H2,1-4H3/b19-17-,20-18-. The lowest BCUT2D eigenvalue weighted by molar-refractivity contribution is -0.117. The molecule has 0 aromatic heterocycles. The van der Waals surface area contributed by atoms with Crippen molar-refractivity contribution in [3.63, 3.8) is 0 Å². The summed E-state index contributed by atoms with van der Waals surface area (Å²) >= 11 is 0. The molecule has 0 aromatic rings. The Kier molecular flexibility index (Phi) is 22.8. The van der Waals surface area contributed by atoms with Crippen molar-refractivity contribution in [3.05, 3.63) is 21.2 Å². The topological polar surface area (TPSA) is 81.1 Å². The zero-order chi connectivity index (χ0) is 24.2. The van der Waals surface area contributed by atoms with E-state index in [1.54, 1.807) is 9.80 Å². The second kappa shape index (κ2) is 22.2. The smallest absolute Gasteiger partial charge is 0.213 e. The zero-order valence-electron chi connectivity index (χ0n) is 19.6. The van der Waals surface area contributed by atoms with Gasteiger partial charge in [-0.3, -0.25) is 9.59 Å². The number of nitrogens with zero attached hydrogens (tertiary/aromatic N) is 2. The number of hydrogen-bond donors (Lipinski definition) is 2. The van der Waals surface area contributed by atoms with E-state index in [1.807, 2.05) is 13.8 Å². The third-order valence-corrected chi connectivity index (χ3v) is 13.4. The molecule has 0 radical (unpaired) electrons. The summed E-state index contributed by atoms with van der Waals surface area (Å²) in [6.07, 6.45) is 4.66. The highest BCUT2D eigenvalue weighted by molar-refractivity contribution is 8.79. The van der Waals surface area contributed by atoms with Crippen LogP contribution in [-0.4, -0.2) is 96.6 Å². The molecule has 0 rings (SSSR count). The van der Waals surface area contributed by atoms with Crippen LogP contribution in [0.5, 0.6) is 0 Å². The Labute approximate surface area is 209 Å². The first-order valence-corrected chi connectivity index (χ1v) is 19.0. The van der Waals surface area contributed by atoms with Gasteiger partial charge in [0.25, 0.3) is 0 Å². The van der Waals surface area contributed by atoms with Gasteiger partial charge in [-0.1, -0.05) is 21.6 Å². The molecule has 0 fully saturated rings. The van der Waals surface area contributed by atoms with Crippen LogP contribution in [0.2, 0.25) is 0 Å². The molecular weight excluding hydrogens is 520 g/mol. The fraction of sp³-hybridized carbons (Fsp3) is 0.700. The number of amides is 2. The molecule has 32 heavy (non-hydrogen) atoms. The van der Waals surface area contributed by atoms with Crippen molar-refractivity contribution in [1.82, 2.24) is 9.80 Å². The number of aliphatic hydroxyl groups excluding tert-OH is 2. The molecule has 0 saturated carbocycles. The molecule has 4 atom stereocenters. The lowest BCUT2D eigenvalue weighted by Gasteiger charge is -2.23. The number of rotatable bonds is 21. The minimum atomic E-state index is 0.00312. The largest absolute Gasteiger partial charge is 0.396 e. The van der Waals surface area contributed by atoms with Crippen molar-refractivity contribution in [2.75, 3.05) is 63.8 Å². The van der Waals surface area contributed by atoms with Crippen LogP contribution in [0.4, 0.5) is 0 Å². The highest BCUT2D eigenvalue weighted by atomic mass is 33.1. The third kappa shape index (κ3) is 14.2. The monoisotopic (exact) mass is 560 g/mol. The first-order chi connectivity index (χ1) is 15.5. The minimum Gasteiger partial charge on any atom is -0.396 e. The summed E-state index contributed by atoms with van der Waals surface area (Å²) in [5.41, 5.74) is 1.73. The molecule has 0 aliphatic rings. The summed E-state index contributed by atoms with van der Waals surface area (Å²) in [4.78, 5) is 28.7. The molecule has 2 N–H and O–H groups in total. The average molecular weight is 561 g/mol. The molecule has 0 aromatic carbocycles. The Morgan fingerprint density at radius 3 is 1.44 bits per heavy atom. The SMILES string of the molecule is CPCPCCN(C=O)/C(C)=C(/CCO)SS/C(CCO)=C(/C)N(C=O)CCPCPC. The molecule has 0 saturated heterocycles. The van der Waals surface area contributed by atoms with Crippen molar-refractivity contribution in [1.29, 1.82) is 0 Å². The van der Waals surface area contributed by atoms with Crippen LogP contribution in [0.15, 0.2) is 21.2 Å². The van der Waals surface area contributed by atoms with Gasteiger partial charge in [0.2, 0.25) is 12.8 Å². The van der Waals surface area contributed by atoms with E-state index in [4.69, 9.17) is 0 Å². The van der Waals surface area contributed by atoms with Crippen molar-refractivity contribution in [2.24, 2.45) is 0 Å². The molecule has 4 unspecified atom stereocenters. The number of carbonyl (C=O) groups is 2. The van der Waals surface area contributed by atoms with Crippen molar-refractivity contribution in [3.8, 4) is 0 Å². The van der Waals surface area contributed by atoms with Gasteiger partial charge in [-0.2, -0.15) is 0 Å². The average Bonchev–Trinajstić information content (AvgIpc) is 2.80. The lowest BCUT2D eigenvalue weighted by Crippen LogP contribution is -2.24. The number of carbonyl (C=O) groups excluding carboxylic acids is 2. The first kappa shape index (κ1) is 32.8. The first-order valence-electron chi connectivity index (χ1n) is 10.6. The van der Waals surface area contributed by atoms with E-state index in [1.165, 1.54) is 33.4 Å². The van der Waals surface area contributed by atoms with E-state index in [2.05, 4.69) is 13.3 Å². The summed E-state index contributed by atoms with van der Waals surface area (Å²) in [6, 6.07) is 0. The third-order valence-electron chi connectivity index (χ3n) is 4.51. The Morgan fingerprint density at radius 1 is 0.781 bits per heavy atom. The zero-order valence-corrected chi connectivity index (χ0v) is 25.3. The minimum absolute atomic E-state index is 0.00312. The van der Waals surface area contributed by atoms with E-state index < -0.39 is 0 Å². The fourth-order valence-electron chi connectivity index (χ4n) is 2.61. The van der Waals surface area contributed by atoms with Gasteiger partial charge in [0.1, 0.15) is 0 Å². The van der Waals surface area contributed by atoms with E-state index in [0.717, 1.165) is 80.7 Å². The van der Waals surface area contributed by atoms with E-state index in [-0.39, 0.29) is 13.2 Å². The molecule has 0 spiro atoms. The van der Waals surface area contributed by atoms with Gasteiger partial charge in [0, 0.05) is 60.3 Å². The van der Waals surface area contributed by atoms with Crippen molar-refractivity contribution in [2.45, 2.75) is 26.7 Å². The molecule has 0 bridgehead atoms. The maximum Gasteiger partial charge on any atom is 0.213 e. The van der Waals surface area contributed by atoms with E-state index in [0.29, 0.717) is 25.9 Å². The van der Waals surface area contributed by atoms with Crippen LogP contribution in [0.3, 0.4) is 0 Å². The van der Waals surface area contributed by atoms with Gasteiger partial charge in [0.15, 0.2) is 0 Å². The highest BCUT2D eigenvalue weighted by Gasteiger charge is 2.15. The van der Waals surface area contributed by atoms with Gasteiger partial charge in [-0.15, -0.1) is 34.3 Å². The highest BCUT2D eigenvalue weighted by Crippen LogP contribution is 2.42. The van der Waals surface area contributed by atoms with Crippen molar-refractivity contribution < 1.29 is 19.8 Å². The van der Waals surface area contributed by atoms with Crippen LogP contribution in [-0.2, 0) is 9.59 Å². The lowest BCUT2D eigenvalue weighted by atomic mass is 10.3. The molecule has 2 amide bonds. The van der Waals surface area contributed by atoms with Gasteiger partial charge >= 0.3 is 0 Å². The summed E-state index contributed by atoms with van der Waals surface area (Å²) in [5.74, 6) is 2.43. The quantitative estimate of drug-likeness (QED) is 0.0938. The second-order valence-electron chi connectivity index (χ2n) is 6.79. The fourth-order valence-corrected chi connectivity index (χ4v) is 9.68. The summed E-state index contributed by atoms with van der Waals surface area (Å²) in [6.45, 7) is 9.62. The van der Waals surface area contributed by atoms with Crippen LogP contribution in [0.1, 0.15) is 26.7 Å². The van der Waals surface area contributed by atoms with Crippen LogP contribution < -0.4 is 0 Å². The van der Waals surface area contributed by atoms with E-state index >= 15 is 0 Å². The van der Waals surface area contributed by atoms with Crippen LogP contribution in [0, 0.1) is 0 Å². The molecule has 0 heterocycles. The Hall–Kier alpha value is 0.760.